The molecule has 1 aromatic heterocycles. The molecule has 9 heteroatoms. The van der Waals surface area contributed by atoms with Crippen molar-refractivity contribution < 1.29 is 9.13 Å². The molecule has 26 heavy (non-hydrogen) atoms. The third-order valence-corrected chi connectivity index (χ3v) is 3.62. The Kier molecular flexibility index (Phi) is 10.8. The number of nitrogens with one attached hydrogen (secondary N) is 2. The standard InChI is InChI=1S/C17H25FN6O.HI/c1-3-16-23-22-13-24(16)10-8-19-17(20-9-11-25-2)21-12-14-6-4-5-7-15(14)18;/h4-7,13H,3,8-12H2,1-2H3,(H2,19,20,21);1H. The lowest BCUT2D eigenvalue weighted by Gasteiger charge is -2.13. The van der Waals surface area contributed by atoms with Crippen molar-refractivity contribution in [2.24, 2.45) is 4.99 Å². The van der Waals surface area contributed by atoms with Crippen LogP contribution in [0, 0.1) is 5.82 Å². The van der Waals surface area contributed by atoms with Gasteiger partial charge in [0.15, 0.2) is 5.96 Å². The van der Waals surface area contributed by atoms with Gasteiger partial charge in [-0.3, -0.25) is 0 Å². The first-order valence-electron chi connectivity index (χ1n) is 8.35. The van der Waals surface area contributed by atoms with E-state index in [1.807, 2.05) is 11.5 Å². The van der Waals surface area contributed by atoms with Gasteiger partial charge in [-0.2, -0.15) is 0 Å². The topological polar surface area (TPSA) is 76.4 Å². The van der Waals surface area contributed by atoms with Crippen molar-refractivity contribution in [2.45, 2.75) is 26.4 Å². The molecule has 2 aromatic rings. The number of benzene rings is 1. The minimum absolute atomic E-state index is 0. The van der Waals surface area contributed by atoms with E-state index in [-0.39, 0.29) is 36.3 Å². The largest absolute Gasteiger partial charge is 0.383 e. The van der Waals surface area contributed by atoms with Crippen LogP contribution >= 0.6 is 24.0 Å². The van der Waals surface area contributed by atoms with Gasteiger partial charge in [0.2, 0.25) is 0 Å². The number of aliphatic imine (C=N–C) groups is 1. The molecule has 0 saturated carbocycles. The number of aromatic nitrogens is 3. The summed E-state index contributed by atoms with van der Waals surface area (Å²) in [6.45, 7) is 4.86. The van der Waals surface area contributed by atoms with Gasteiger partial charge in [-0.25, -0.2) is 9.38 Å². The highest BCUT2D eigenvalue weighted by Crippen LogP contribution is 2.07. The molecule has 1 heterocycles. The van der Waals surface area contributed by atoms with Crippen LogP contribution in [0.1, 0.15) is 18.3 Å². The molecule has 7 nitrogen and oxygen atoms in total. The van der Waals surface area contributed by atoms with Crippen LogP contribution in [0.3, 0.4) is 0 Å². The summed E-state index contributed by atoms with van der Waals surface area (Å²) >= 11 is 0. The SMILES string of the molecule is CCc1nncn1CCNC(=NCc1ccccc1F)NCCOC.I. The average Bonchev–Trinajstić information content (AvgIpc) is 3.08. The predicted octanol–water partition coefficient (Wildman–Crippen LogP) is 1.98. The molecule has 0 aliphatic carbocycles. The summed E-state index contributed by atoms with van der Waals surface area (Å²) in [5.74, 6) is 1.31. The highest BCUT2D eigenvalue weighted by Gasteiger charge is 2.04. The molecule has 2 rings (SSSR count). The predicted molar refractivity (Wildman–Crippen MR) is 110 cm³/mol. The zero-order chi connectivity index (χ0) is 17.9. The van der Waals surface area contributed by atoms with Crippen molar-refractivity contribution in [3.8, 4) is 0 Å². The number of nitrogens with zero attached hydrogens (tertiary/aromatic N) is 4. The second-order valence-electron chi connectivity index (χ2n) is 5.40. The smallest absolute Gasteiger partial charge is 0.191 e. The number of ether oxygens (including phenoxy) is 1. The van der Waals surface area contributed by atoms with E-state index in [4.69, 9.17) is 4.74 Å². The lowest BCUT2D eigenvalue weighted by atomic mass is 10.2. The second-order valence-corrected chi connectivity index (χ2v) is 5.40. The Hall–Kier alpha value is -1.75. The number of hydrogen-bond acceptors (Lipinski definition) is 4. The van der Waals surface area contributed by atoms with Crippen LogP contribution < -0.4 is 10.6 Å². The highest BCUT2D eigenvalue weighted by atomic mass is 127. The van der Waals surface area contributed by atoms with Gasteiger partial charge >= 0.3 is 0 Å². The zero-order valence-electron chi connectivity index (χ0n) is 15.1. The summed E-state index contributed by atoms with van der Waals surface area (Å²) in [6.07, 6.45) is 2.55. The molecule has 0 aliphatic heterocycles. The van der Waals surface area contributed by atoms with Crippen LogP contribution in [0.5, 0.6) is 0 Å². The molecule has 0 fully saturated rings. The molecule has 0 amide bonds. The Morgan fingerprint density at radius 3 is 2.77 bits per heavy atom. The summed E-state index contributed by atoms with van der Waals surface area (Å²) < 4.78 is 20.8. The fourth-order valence-corrected chi connectivity index (χ4v) is 2.27. The van der Waals surface area contributed by atoms with Crippen LogP contribution in [-0.4, -0.2) is 47.5 Å². The van der Waals surface area contributed by atoms with E-state index in [2.05, 4.69) is 25.8 Å². The van der Waals surface area contributed by atoms with Gasteiger partial charge < -0.3 is 19.9 Å². The van der Waals surface area contributed by atoms with Crippen LogP contribution in [0.4, 0.5) is 4.39 Å². The summed E-state index contributed by atoms with van der Waals surface area (Å²) in [4.78, 5) is 4.45. The van der Waals surface area contributed by atoms with Crippen molar-refractivity contribution in [1.29, 1.82) is 0 Å². The van der Waals surface area contributed by atoms with Crippen molar-refractivity contribution in [3.05, 3.63) is 47.8 Å². The Bertz CT molecular complexity index is 679. The van der Waals surface area contributed by atoms with Gasteiger partial charge in [0, 0.05) is 38.7 Å². The molecule has 0 spiro atoms. The lowest BCUT2D eigenvalue weighted by molar-refractivity contribution is 0.203. The fraction of sp³-hybridized carbons (Fsp3) is 0.471. The van der Waals surface area contributed by atoms with Crippen LogP contribution in [0.25, 0.3) is 0 Å². The van der Waals surface area contributed by atoms with E-state index < -0.39 is 0 Å². The maximum atomic E-state index is 13.7. The number of hydrogen-bond donors (Lipinski definition) is 2. The minimum atomic E-state index is -0.250. The van der Waals surface area contributed by atoms with Gasteiger partial charge in [0.05, 0.1) is 13.2 Å². The fourth-order valence-electron chi connectivity index (χ4n) is 2.27. The molecule has 0 saturated heterocycles. The van der Waals surface area contributed by atoms with E-state index >= 15 is 0 Å². The van der Waals surface area contributed by atoms with Crippen LogP contribution in [-0.2, 0) is 24.2 Å². The summed E-state index contributed by atoms with van der Waals surface area (Å²) in [5.41, 5.74) is 0.558. The quantitative estimate of drug-likeness (QED) is 0.251. The highest BCUT2D eigenvalue weighted by molar-refractivity contribution is 14.0. The average molecular weight is 476 g/mol. The van der Waals surface area contributed by atoms with E-state index in [9.17, 15) is 4.39 Å². The molecule has 2 N–H and O–H groups in total. The van der Waals surface area contributed by atoms with E-state index in [0.717, 1.165) is 18.8 Å². The second kappa shape index (κ2) is 12.6. The van der Waals surface area contributed by atoms with Gasteiger partial charge in [-0.15, -0.1) is 34.2 Å². The van der Waals surface area contributed by atoms with Crippen molar-refractivity contribution >= 4 is 29.9 Å². The van der Waals surface area contributed by atoms with Gasteiger partial charge in [-0.05, 0) is 6.07 Å². The Labute approximate surface area is 170 Å². The molecule has 0 atom stereocenters. The number of halogens is 2. The summed E-state index contributed by atoms with van der Waals surface area (Å²) in [6, 6.07) is 6.64. The first kappa shape index (κ1) is 22.3. The first-order chi connectivity index (χ1) is 12.2. The Morgan fingerprint density at radius 1 is 1.27 bits per heavy atom. The third-order valence-electron chi connectivity index (χ3n) is 3.62. The Morgan fingerprint density at radius 2 is 2.04 bits per heavy atom. The van der Waals surface area contributed by atoms with Gasteiger partial charge in [0.1, 0.15) is 18.0 Å². The van der Waals surface area contributed by atoms with Gasteiger partial charge in [0.25, 0.3) is 0 Å². The summed E-state index contributed by atoms with van der Waals surface area (Å²) in [7, 11) is 1.64. The molecule has 0 bridgehead atoms. The molecule has 0 radical (unpaired) electrons. The van der Waals surface area contributed by atoms with Crippen molar-refractivity contribution in [2.75, 3.05) is 26.8 Å². The van der Waals surface area contributed by atoms with Crippen LogP contribution in [0.2, 0.25) is 0 Å². The number of rotatable bonds is 9. The Balaban J connectivity index is 0.00000338. The third kappa shape index (κ3) is 7.24. The van der Waals surface area contributed by atoms with Crippen LogP contribution in [0.15, 0.2) is 35.6 Å². The molecular formula is C17H26FIN6O. The minimum Gasteiger partial charge on any atom is -0.383 e. The maximum Gasteiger partial charge on any atom is 0.191 e. The van der Waals surface area contributed by atoms with E-state index in [1.165, 1.54) is 6.07 Å². The van der Waals surface area contributed by atoms with Crippen molar-refractivity contribution in [1.82, 2.24) is 25.4 Å². The summed E-state index contributed by atoms with van der Waals surface area (Å²) in [5, 5.41) is 14.4. The number of methoxy groups -OCH3 is 1. The van der Waals surface area contributed by atoms with E-state index in [0.29, 0.717) is 31.2 Å². The number of guanidine groups is 1. The molecule has 0 unspecified atom stereocenters. The number of aryl methyl sites for hydroxylation is 1. The van der Waals surface area contributed by atoms with Crippen molar-refractivity contribution in [3.63, 3.8) is 0 Å². The molecule has 144 valence electrons. The first-order valence-corrected chi connectivity index (χ1v) is 8.35. The molecule has 1 aromatic carbocycles. The normalized spacial score (nSPS) is 11.1. The van der Waals surface area contributed by atoms with Gasteiger partial charge in [-0.1, -0.05) is 25.1 Å². The molecular weight excluding hydrogens is 450 g/mol. The monoisotopic (exact) mass is 476 g/mol. The molecule has 0 aliphatic rings. The van der Waals surface area contributed by atoms with E-state index in [1.54, 1.807) is 31.6 Å². The maximum absolute atomic E-state index is 13.7. The lowest BCUT2D eigenvalue weighted by Crippen LogP contribution is -2.40. The zero-order valence-corrected chi connectivity index (χ0v) is 17.4.